The van der Waals surface area contributed by atoms with Crippen LogP contribution in [0.25, 0.3) is 0 Å². The SMILES string of the molecule is CC1(C)C(=O)N(c2ccc3c(c2)COC3=O)C(=S)N1CCCCCCCCN1CC[N+](C(=O)O)(c2cccc(F)c2)CC1. The Morgan fingerprint density at radius 3 is 2.35 bits per heavy atom. The minimum atomic E-state index is -0.934. The molecule has 3 aliphatic rings. The number of fused-ring (bicyclic) bond motifs is 1. The number of anilines is 1. The number of carbonyl (C=O) groups is 3. The van der Waals surface area contributed by atoms with Crippen LogP contribution in [0.1, 0.15) is 68.3 Å². The van der Waals surface area contributed by atoms with Crippen molar-refractivity contribution in [2.45, 2.75) is 64.5 Å². The van der Waals surface area contributed by atoms with E-state index in [4.69, 9.17) is 17.0 Å². The summed E-state index contributed by atoms with van der Waals surface area (Å²) >= 11 is 5.76. The molecule has 2 aromatic rings. The lowest BCUT2D eigenvalue weighted by Crippen LogP contribution is -2.63. The molecule has 2 amide bonds. The molecule has 0 aliphatic carbocycles. The van der Waals surface area contributed by atoms with E-state index in [-0.39, 0.29) is 23.0 Å². The van der Waals surface area contributed by atoms with Gasteiger partial charge in [-0.2, -0.15) is 9.28 Å². The summed E-state index contributed by atoms with van der Waals surface area (Å²) in [5.41, 5.74) is 1.72. The van der Waals surface area contributed by atoms with Gasteiger partial charge in [0.15, 0.2) is 5.11 Å². The van der Waals surface area contributed by atoms with Crippen molar-refractivity contribution >= 4 is 46.7 Å². The number of amides is 2. The van der Waals surface area contributed by atoms with Gasteiger partial charge in [-0.25, -0.2) is 9.18 Å². The highest BCUT2D eigenvalue weighted by Crippen LogP contribution is 2.35. The van der Waals surface area contributed by atoms with Gasteiger partial charge < -0.3 is 14.7 Å². The molecule has 0 bridgehead atoms. The molecule has 0 spiro atoms. The Bertz CT molecular complexity index is 1410. The predicted octanol–water partition coefficient (Wildman–Crippen LogP) is 5.55. The van der Waals surface area contributed by atoms with Gasteiger partial charge in [-0.3, -0.25) is 14.6 Å². The number of halogens is 1. The van der Waals surface area contributed by atoms with Crippen LogP contribution in [0.3, 0.4) is 0 Å². The zero-order valence-corrected chi connectivity index (χ0v) is 25.7. The Balaban J connectivity index is 1.02. The van der Waals surface area contributed by atoms with Crippen molar-refractivity contribution in [2.75, 3.05) is 44.2 Å². The monoisotopic (exact) mass is 611 g/mol. The van der Waals surface area contributed by atoms with Crippen molar-refractivity contribution in [3.63, 3.8) is 0 Å². The van der Waals surface area contributed by atoms with Gasteiger partial charge in [-0.15, -0.1) is 0 Å². The maximum Gasteiger partial charge on any atom is 0.518 e. The van der Waals surface area contributed by atoms with E-state index < -0.39 is 17.4 Å². The summed E-state index contributed by atoms with van der Waals surface area (Å²) in [5.74, 6) is -0.823. The van der Waals surface area contributed by atoms with E-state index in [0.717, 1.165) is 50.6 Å². The molecule has 3 aliphatic heterocycles. The summed E-state index contributed by atoms with van der Waals surface area (Å²) in [4.78, 5) is 43.2. The molecule has 0 unspecified atom stereocenters. The second-order valence-corrected chi connectivity index (χ2v) is 12.6. The van der Waals surface area contributed by atoms with Crippen molar-refractivity contribution in [1.29, 1.82) is 0 Å². The Labute approximate surface area is 257 Å². The summed E-state index contributed by atoms with van der Waals surface area (Å²) in [7, 11) is 0. The molecule has 0 aromatic heterocycles. The number of quaternary nitrogens is 1. The number of hydrogen-bond acceptors (Lipinski definition) is 6. The van der Waals surface area contributed by atoms with Crippen LogP contribution in [-0.2, 0) is 16.1 Å². The number of ether oxygens (including phenoxy) is 1. The number of thiocarbonyl (C=S) groups is 1. The van der Waals surface area contributed by atoms with E-state index in [1.807, 2.05) is 24.8 Å². The van der Waals surface area contributed by atoms with E-state index >= 15 is 0 Å². The Morgan fingerprint density at radius 1 is 1.00 bits per heavy atom. The fraction of sp³-hybridized carbons (Fsp3) is 0.500. The van der Waals surface area contributed by atoms with Gasteiger partial charge in [-0.05, 0) is 75.8 Å². The standard InChI is InChI=1S/C32H39FN4O5S/c1-32(2)29(39)36(25-12-13-27-23(20-25)22-42-28(27)38)30(43)35(32)15-8-6-4-3-5-7-14-34-16-18-37(19-17-34,31(40)41)26-11-9-10-24(33)21-26/h9-13,20-21H,3-8,14-19,22H2,1-2H3/p+1. The molecule has 0 saturated carbocycles. The first-order chi connectivity index (χ1) is 20.5. The molecule has 0 atom stereocenters. The molecule has 0 radical (unpaired) electrons. The van der Waals surface area contributed by atoms with Crippen molar-refractivity contribution in [3.8, 4) is 0 Å². The zero-order valence-electron chi connectivity index (χ0n) is 24.9. The van der Waals surface area contributed by atoms with Crippen LogP contribution in [0.15, 0.2) is 42.5 Å². The molecule has 5 rings (SSSR count). The molecule has 11 heteroatoms. The van der Waals surface area contributed by atoms with Crippen LogP contribution in [0.5, 0.6) is 0 Å². The highest BCUT2D eigenvalue weighted by atomic mass is 32.1. The van der Waals surface area contributed by atoms with Gasteiger partial charge in [0.05, 0.1) is 11.3 Å². The summed E-state index contributed by atoms with van der Waals surface area (Å²) in [5, 5.41) is 10.4. The maximum absolute atomic E-state index is 13.8. The van der Waals surface area contributed by atoms with E-state index in [1.165, 1.54) is 12.1 Å². The molecule has 2 fully saturated rings. The number of unbranched alkanes of at least 4 members (excludes halogenated alkanes) is 5. The maximum atomic E-state index is 13.8. The smallest absolute Gasteiger partial charge is 0.457 e. The third-order valence-electron chi connectivity index (χ3n) is 9.12. The van der Waals surface area contributed by atoms with Crippen molar-refractivity contribution in [2.24, 2.45) is 0 Å². The summed E-state index contributed by atoms with van der Waals surface area (Å²) < 4.78 is 18.7. The lowest BCUT2D eigenvalue weighted by Gasteiger charge is -2.40. The topological polar surface area (TPSA) is 90.4 Å². The Hall–Kier alpha value is -3.41. The normalized spacial score (nSPS) is 19.6. The molecule has 43 heavy (non-hydrogen) atoms. The van der Waals surface area contributed by atoms with Gasteiger partial charge in [0.2, 0.25) is 0 Å². The van der Waals surface area contributed by atoms with Crippen LogP contribution < -0.4 is 9.38 Å². The fourth-order valence-electron chi connectivity index (χ4n) is 6.38. The number of esters is 1. The van der Waals surface area contributed by atoms with E-state index in [2.05, 4.69) is 4.90 Å². The Kier molecular flexibility index (Phi) is 9.15. The molecular formula is C32H40FN4O5S+. The van der Waals surface area contributed by atoms with Crippen LogP contribution in [0, 0.1) is 5.82 Å². The van der Waals surface area contributed by atoms with Crippen LogP contribution >= 0.6 is 12.2 Å². The fourth-order valence-corrected chi connectivity index (χ4v) is 6.89. The number of nitrogens with zero attached hydrogens (tertiary/aromatic N) is 4. The van der Waals surface area contributed by atoms with Crippen LogP contribution in [0.4, 0.5) is 20.6 Å². The average Bonchev–Trinajstić information content (AvgIpc) is 3.43. The number of cyclic esters (lactones) is 1. The van der Waals surface area contributed by atoms with Crippen molar-refractivity contribution in [1.82, 2.24) is 14.3 Å². The molecule has 2 saturated heterocycles. The van der Waals surface area contributed by atoms with E-state index in [0.29, 0.717) is 54.8 Å². The van der Waals surface area contributed by atoms with E-state index in [1.54, 1.807) is 29.2 Å². The van der Waals surface area contributed by atoms with Gasteiger partial charge in [0.25, 0.3) is 5.91 Å². The van der Waals surface area contributed by atoms with Crippen LogP contribution in [-0.4, -0.2) is 82.8 Å². The second kappa shape index (κ2) is 12.7. The van der Waals surface area contributed by atoms with Gasteiger partial charge in [0, 0.05) is 31.3 Å². The summed E-state index contributed by atoms with van der Waals surface area (Å²) in [6.45, 7) is 7.83. The minimum absolute atomic E-state index is 0.0734. The number of carboxylic acid groups (broad SMARTS) is 1. The molecule has 9 nitrogen and oxygen atoms in total. The number of benzene rings is 2. The number of carbonyl (C=O) groups excluding carboxylic acids is 2. The first kappa shape index (κ1) is 31.0. The van der Waals surface area contributed by atoms with Gasteiger partial charge >= 0.3 is 12.1 Å². The first-order valence-corrected chi connectivity index (χ1v) is 15.5. The molecular weight excluding hydrogens is 571 g/mol. The van der Waals surface area contributed by atoms with Gasteiger partial charge in [-0.1, -0.05) is 31.7 Å². The number of rotatable bonds is 11. The van der Waals surface area contributed by atoms with Crippen molar-refractivity contribution < 1.29 is 28.6 Å². The third kappa shape index (κ3) is 6.16. The largest absolute Gasteiger partial charge is 0.518 e. The summed E-state index contributed by atoms with van der Waals surface area (Å²) in [6.07, 6.45) is 5.39. The molecule has 1 N–H and O–H groups in total. The van der Waals surface area contributed by atoms with Gasteiger partial charge in [0.1, 0.15) is 36.7 Å². The molecule has 230 valence electrons. The number of piperazine rings is 1. The highest BCUT2D eigenvalue weighted by Gasteiger charge is 2.49. The summed E-state index contributed by atoms with van der Waals surface area (Å²) in [6, 6.07) is 11.2. The van der Waals surface area contributed by atoms with E-state index in [9.17, 15) is 23.9 Å². The molecule has 2 aromatic carbocycles. The second-order valence-electron chi connectivity index (χ2n) is 12.2. The number of hydrogen-bond donors (Lipinski definition) is 1. The average molecular weight is 612 g/mol. The minimum Gasteiger partial charge on any atom is -0.457 e. The quantitative estimate of drug-likeness (QED) is 0.153. The zero-order chi connectivity index (χ0) is 30.8. The highest BCUT2D eigenvalue weighted by molar-refractivity contribution is 7.80. The van der Waals surface area contributed by atoms with Crippen LogP contribution in [0.2, 0.25) is 0 Å². The predicted molar refractivity (Wildman–Crippen MR) is 167 cm³/mol. The third-order valence-corrected chi connectivity index (χ3v) is 9.52. The lowest BCUT2D eigenvalue weighted by atomic mass is 10.0. The molecule has 3 heterocycles. The first-order valence-electron chi connectivity index (χ1n) is 15.1. The van der Waals surface area contributed by atoms with Crippen molar-refractivity contribution in [3.05, 3.63) is 59.4 Å². The Morgan fingerprint density at radius 2 is 1.67 bits per heavy atom. The lowest BCUT2D eigenvalue weighted by molar-refractivity contribution is -0.123.